The molecule has 0 aromatic heterocycles. The second kappa shape index (κ2) is 10.6. The molecule has 0 aromatic rings. The predicted molar refractivity (Wildman–Crippen MR) is 88.1 cm³/mol. The summed E-state index contributed by atoms with van der Waals surface area (Å²) in [6.45, 7) is 5.05. The molecule has 0 spiro atoms. The quantitative estimate of drug-likeness (QED) is 0.557. The maximum absolute atomic E-state index is 3.65. The molecule has 2 heteroatoms. The Balaban J connectivity index is 1.26. The summed E-state index contributed by atoms with van der Waals surface area (Å²) in [6, 6.07) is 0. The zero-order valence-corrected chi connectivity index (χ0v) is 13.5. The van der Waals surface area contributed by atoms with Gasteiger partial charge in [0, 0.05) is 0 Å². The molecule has 0 unspecified atom stereocenters. The maximum Gasteiger partial charge on any atom is -0.00205 e. The number of hydrogen-bond acceptors (Lipinski definition) is 2. The topological polar surface area (TPSA) is 24.1 Å². The van der Waals surface area contributed by atoms with Crippen LogP contribution in [-0.2, 0) is 0 Å². The Labute approximate surface area is 126 Å². The van der Waals surface area contributed by atoms with Gasteiger partial charge in [-0.05, 0) is 76.5 Å². The minimum atomic E-state index is 0.995. The van der Waals surface area contributed by atoms with E-state index in [1.165, 1.54) is 103 Å². The molecule has 0 aromatic carbocycles. The highest BCUT2D eigenvalue weighted by atomic mass is 14.9. The summed E-state index contributed by atoms with van der Waals surface area (Å²) in [4.78, 5) is 0. The first-order chi connectivity index (χ1) is 9.95. The molecule has 2 N–H and O–H groups in total. The Morgan fingerprint density at radius 1 is 0.550 bits per heavy atom. The van der Waals surface area contributed by atoms with Crippen LogP contribution >= 0.6 is 0 Å². The van der Waals surface area contributed by atoms with E-state index >= 15 is 0 Å². The van der Waals surface area contributed by atoms with Gasteiger partial charge in [-0.1, -0.05) is 38.5 Å². The summed E-state index contributed by atoms with van der Waals surface area (Å²) in [7, 11) is 0. The lowest BCUT2D eigenvalue weighted by molar-refractivity contribution is 0.467. The van der Waals surface area contributed by atoms with Crippen molar-refractivity contribution in [1.29, 1.82) is 0 Å². The van der Waals surface area contributed by atoms with Crippen LogP contribution in [0.3, 0.4) is 0 Å². The highest BCUT2D eigenvalue weighted by Gasteiger charge is 2.14. The minimum Gasteiger partial charge on any atom is -0.316 e. The van der Waals surface area contributed by atoms with Crippen LogP contribution in [0.1, 0.15) is 77.0 Å². The Morgan fingerprint density at radius 3 is 1.35 bits per heavy atom. The van der Waals surface area contributed by atoms with Crippen molar-refractivity contribution in [2.24, 2.45) is 11.8 Å². The van der Waals surface area contributed by atoms with Crippen LogP contribution in [-0.4, -0.2) is 26.2 Å². The molecule has 2 aliphatic rings. The summed E-state index contributed by atoms with van der Waals surface area (Å²) in [5, 5.41) is 7.30. The molecule has 118 valence electrons. The van der Waals surface area contributed by atoms with Gasteiger partial charge in [0.15, 0.2) is 0 Å². The average molecular weight is 280 g/mol. The number of hydrogen-bond donors (Lipinski definition) is 2. The molecule has 0 saturated heterocycles. The zero-order chi connectivity index (χ0) is 13.9. The van der Waals surface area contributed by atoms with E-state index in [4.69, 9.17) is 0 Å². The van der Waals surface area contributed by atoms with E-state index in [1.54, 1.807) is 0 Å². The lowest BCUT2D eigenvalue weighted by atomic mass is 10.1. The molecular formula is C18H36N2. The van der Waals surface area contributed by atoms with Crippen LogP contribution in [0.4, 0.5) is 0 Å². The fourth-order valence-electron chi connectivity index (χ4n) is 3.89. The smallest absolute Gasteiger partial charge is 0.00205 e. The summed E-state index contributed by atoms with van der Waals surface area (Å²) < 4.78 is 0. The summed E-state index contributed by atoms with van der Waals surface area (Å²) in [5.74, 6) is 1.99. The van der Waals surface area contributed by atoms with Crippen LogP contribution in [0.25, 0.3) is 0 Å². The van der Waals surface area contributed by atoms with E-state index < -0.39 is 0 Å². The Hall–Kier alpha value is -0.0800. The molecule has 2 rings (SSSR count). The van der Waals surface area contributed by atoms with Crippen molar-refractivity contribution in [1.82, 2.24) is 10.6 Å². The van der Waals surface area contributed by atoms with Crippen LogP contribution in [0, 0.1) is 11.8 Å². The number of nitrogens with one attached hydrogen (secondary N) is 2. The van der Waals surface area contributed by atoms with Gasteiger partial charge in [-0.25, -0.2) is 0 Å². The number of unbranched alkanes of at least 4 members (excludes halogenated alkanes) is 3. The highest BCUT2D eigenvalue weighted by Crippen LogP contribution is 2.24. The van der Waals surface area contributed by atoms with E-state index in [-0.39, 0.29) is 0 Å². The third kappa shape index (κ3) is 7.08. The second-order valence-corrected chi connectivity index (χ2v) is 7.12. The van der Waals surface area contributed by atoms with Crippen LogP contribution in [0.2, 0.25) is 0 Å². The van der Waals surface area contributed by atoms with Crippen molar-refractivity contribution >= 4 is 0 Å². The molecule has 0 heterocycles. The molecule has 2 nitrogen and oxygen atoms in total. The first-order valence-electron chi connectivity index (χ1n) is 9.36. The molecule has 0 aliphatic heterocycles. The van der Waals surface area contributed by atoms with E-state index in [2.05, 4.69) is 10.6 Å². The highest BCUT2D eigenvalue weighted by molar-refractivity contribution is 4.70. The van der Waals surface area contributed by atoms with E-state index in [1.807, 2.05) is 0 Å². The van der Waals surface area contributed by atoms with Crippen LogP contribution < -0.4 is 10.6 Å². The molecule has 2 aliphatic carbocycles. The third-order valence-corrected chi connectivity index (χ3v) is 5.27. The van der Waals surface area contributed by atoms with Crippen LogP contribution in [0.5, 0.6) is 0 Å². The van der Waals surface area contributed by atoms with Gasteiger partial charge in [-0.3, -0.25) is 0 Å². The SMILES string of the molecule is C(CCCNCC1CCCC1)CCNCC1CCCC1. The van der Waals surface area contributed by atoms with E-state index in [0.717, 1.165) is 11.8 Å². The lowest BCUT2D eigenvalue weighted by Gasteiger charge is -2.11. The molecule has 0 radical (unpaired) electrons. The number of rotatable bonds is 11. The van der Waals surface area contributed by atoms with Gasteiger partial charge in [0.1, 0.15) is 0 Å². The standard InChI is InChI=1S/C18H36N2/c1(7-13-19-15-17-9-3-4-10-17)2-8-14-20-16-18-11-5-6-12-18/h17-20H,1-16H2. The average Bonchev–Trinajstić information content (AvgIpc) is 3.14. The van der Waals surface area contributed by atoms with Crippen molar-refractivity contribution in [3.8, 4) is 0 Å². The molecule has 0 atom stereocenters. The molecule has 2 saturated carbocycles. The van der Waals surface area contributed by atoms with Gasteiger partial charge < -0.3 is 10.6 Å². The normalized spacial score (nSPS) is 21.0. The molecule has 0 amide bonds. The predicted octanol–water partition coefficient (Wildman–Crippen LogP) is 4.11. The second-order valence-electron chi connectivity index (χ2n) is 7.12. The van der Waals surface area contributed by atoms with Crippen molar-refractivity contribution in [2.75, 3.05) is 26.2 Å². The molecular weight excluding hydrogens is 244 g/mol. The van der Waals surface area contributed by atoms with Crippen LogP contribution in [0.15, 0.2) is 0 Å². The van der Waals surface area contributed by atoms with Gasteiger partial charge in [0.05, 0.1) is 0 Å². The first kappa shape index (κ1) is 16.3. The largest absolute Gasteiger partial charge is 0.316 e. The van der Waals surface area contributed by atoms with Gasteiger partial charge in [-0.15, -0.1) is 0 Å². The summed E-state index contributed by atoms with van der Waals surface area (Å²) in [6.07, 6.45) is 17.3. The summed E-state index contributed by atoms with van der Waals surface area (Å²) >= 11 is 0. The van der Waals surface area contributed by atoms with Crippen molar-refractivity contribution in [3.05, 3.63) is 0 Å². The fourth-order valence-corrected chi connectivity index (χ4v) is 3.89. The van der Waals surface area contributed by atoms with E-state index in [0.29, 0.717) is 0 Å². The zero-order valence-electron chi connectivity index (χ0n) is 13.5. The molecule has 0 bridgehead atoms. The third-order valence-electron chi connectivity index (χ3n) is 5.27. The monoisotopic (exact) mass is 280 g/mol. The first-order valence-corrected chi connectivity index (χ1v) is 9.36. The van der Waals surface area contributed by atoms with Gasteiger partial charge >= 0.3 is 0 Å². The molecule has 2 fully saturated rings. The van der Waals surface area contributed by atoms with Crippen molar-refractivity contribution in [3.63, 3.8) is 0 Å². The Kier molecular flexibility index (Phi) is 8.65. The van der Waals surface area contributed by atoms with Gasteiger partial charge in [-0.2, -0.15) is 0 Å². The Bertz CT molecular complexity index is 193. The van der Waals surface area contributed by atoms with Gasteiger partial charge in [0.2, 0.25) is 0 Å². The van der Waals surface area contributed by atoms with Gasteiger partial charge in [0.25, 0.3) is 0 Å². The lowest BCUT2D eigenvalue weighted by Crippen LogP contribution is -2.23. The fraction of sp³-hybridized carbons (Fsp3) is 1.00. The maximum atomic E-state index is 3.65. The van der Waals surface area contributed by atoms with Crippen molar-refractivity contribution < 1.29 is 0 Å². The summed E-state index contributed by atoms with van der Waals surface area (Å²) in [5.41, 5.74) is 0. The van der Waals surface area contributed by atoms with Crippen molar-refractivity contribution in [2.45, 2.75) is 77.0 Å². The minimum absolute atomic E-state index is 0.995. The Morgan fingerprint density at radius 2 is 0.950 bits per heavy atom. The molecule has 20 heavy (non-hydrogen) atoms. The van der Waals surface area contributed by atoms with E-state index in [9.17, 15) is 0 Å².